The van der Waals surface area contributed by atoms with Crippen LogP contribution in [-0.2, 0) is 10.0 Å². The van der Waals surface area contributed by atoms with Gasteiger partial charge in [0.2, 0.25) is 10.0 Å². The molecule has 7 heteroatoms. The van der Waals surface area contributed by atoms with Gasteiger partial charge < -0.3 is 10.5 Å². The van der Waals surface area contributed by atoms with Gasteiger partial charge in [-0.25, -0.2) is 8.42 Å². The highest BCUT2D eigenvalue weighted by atomic mass is 32.2. The van der Waals surface area contributed by atoms with Crippen LogP contribution in [0.3, 0.4) is 0 Å². The van der Waals surface area contributed by atoms with Crippen molar-refractivity contribution in [2.24, 2.45) is 5.73 Å². The predicted octanol–water partition coefficient (Wildman–Crippen LogP) is 0.659. The third kappa shape index (κ3) is 3.89. The maximum atomic E-state index is 11.9. The second kappa shape index (κ2) is 6.80. The molecule has 0 fully saturated rings. The van der Waals surface area contributed by atoms with Crippen LogP contribution < -0.4 is 15.2 Å². The molecule has 3 N–H and O–H groups in total. The average molecular weight is 293 g/mol. The van der Waals surface area contributed by atoms with Crippen molar-refractivity contribution in [2.75, 3.05) is 18.4 Å². The highest BCUT2D eigenvalue weighted by molar-refractivity contribution is 7.93. The lowest BCUT2D eigenvalue weighted by Crippen LogP contribution is -2.24. The summed E-state index contributed by atoms with van der Waals surface area (Å²) in [5.74, 6) is 5.81. The third-order valence-electron chi connectivity index (χ3n) is 2.43. The lowest BCUT2D eigenvalue weighted by atomic mass is 10.2. The normalized spacial score (nSPS) is 11.7. The van der Waals surface area contributed by atoms with Crippen molar-refractivity contribution in [3.63, 3.8) is 0 Å². The van der Waals surface area contributed by atoms with Gasteiger partial charge in [-0.2, -0.15) is 5.26 Å². The molecular weight excluding hydrogens is 278 g/mol. The van der Waals surface area contributed by atoms with E-state index in [4.69, 9.17) is 15.7 Å². The Morgan fingerprint density at radius 2 is 2.20 bits per heavy atom. The van der Waals surface area contributed by atoms with Gasteiger partial charge in [0.05, 0.1) is 25.4 Å². The summed E-state index contributed by atoms with van der Waals surface area (Å²) < 4.78 is 31.2. The molecule has 0 aliphatic rings. The topological polar surface area (TPSA) is 105 Å². The summed E-state index contributed by atoms with van der Waals surface area (Å²) in [5.41, 5.74) is 6.11. The van der Waals surface area contributed by atoms with Gasteiger partial charge in [-0.15, -0.1) is 0 Å². The van der Waals surface area contributed by atoms with Crippen molar-refractivity contribution >= 4 is 15.7 Å². The van der Waals surface area contributed by atoms with E-state index in [1.165, 1.54) is 20.1 Å². The zero-order chi connectivity index (χ0) is 15.2. The first kappa shape index (κ1) is 15.8. The second-order valence-electron chi connectivity index (χ2n) is 3.84. The summed E-state index contributed by atoms with van der Waals surface area (Å²) in [5, 5.41) is 7.53. The van der Waals surface area contributed by atoms with Gasteiger partial charge in [-0.1, -0.05) is 11.8 Å². The van der Waals surface area contributed by atoms with Crippen LogP contribution in [0, 0.1) is 23.2 Å². The smallest absolute Gasteiger partial charge is 0.248 e. The number of benzene rings is 1. The van der Waals surface area contributed by atoms with Crippen LogP contribution in [0.1, 0.15) is 12.5 Å². The van der Waals surface area contributed by atoms with E-state index in [0.717, 1.165) is 0 Å². The highest BCUT2D eigenvalue weighted by Gasteiger charge is 2.21. The lowest BCUT2D eigenvalue weighted by Gasteiger charge is -2.13. The third-order valence-corrected chi connectivity index (χ3v) is 3.97. The largest absolute Gasteiger partial charge is 0.495 e. The van der Waals surface area contributed by atoms with E-state index in [0.29, 0.717) is 11.3 Å². The van der Waals surface area contributed by atoms with Crippen molar-refractivity contribution in [3.8, 4) is 23.7 Å². The SMILES string of the molecule is COc1ccc(C#CCN)cc1NS(=O)(=O)C(C)C#N. The van der Waals surface area contributed by atoms with Crippen LogP contribution >= 0.6 is 0 Å². The number of sulfonamides is 1. The van der Waals surface area contributed by atoms with Crippen molar-refractivity contribution in [2.45, 2.75) is 12.2 Å². The van der Waals surface area contributed by atoms with Gasteiger partial charge in [0, 0.05) is 5.56 Å². The average Bonchev–Trinajstić information content (AvgIpc) is 2.43. The molecule has 0 aliphatic heterocycles. The number of hydrogen-bond acceptors (Lipinski definition) is 5. The minimum absolute atomic E-state index is 0.207. The lowest BCUT2D eigenvalue weighted by molar-refractivity contribution is 0.417. The minimum atomic E-state index is -3.80. The number of nitriles is 1. The molecule has 20 heavy (non-hydrogen) atoms. The summed E-state index contributed by atoms with van der Waals surface area (Å²) in [6.07, 6.45) is 0. The fourth-order valence-electron chi connectivity index (χ4n) is 1.33. The van der Waals surface area contributed by atoms with Crippen LogP contribution in [0.5, 0.6) is 5.75 Å². The first-order valence-electron chi connectivity index (χ1n) is 5.72. The van der Waals surface area contributed by atoms with E-state index < -0.39 is 15.3 Å². The van der Waals surface area contributed by atoms with Crippen LogP contribution in [0.4, 0.5) is 5.69 Å². The Labute approximate surface area is 118 Å². The standard InChI is InChI=1S/C13H15N3O3S/c1-10(9-15)20(17,18)16-12-8-11(4-3-7-14)5-6-13(12)19-2/h5-6,8,10,16H,7,14H2,1-2H3. The highest BCUT2D eigenvalue weighted by Crippen LogP contribution is 2.26. The van der Waals surface area contributed by atoms with Gasteiger partial charge >= 0.3 is 0 Å². The summed E-state index contributed by atoms with van der Waals surface area (Å²) >= 11 is 0. The number of nitrogens with zero attached hydrogens (tertiary/aromatic N) is 1. The molecule has 6 nitrogen and oxygen atoms in total. The second-order valence-corrected chi connectivity index (χ2v) is 5.84. The fraction of sp³-hybridized carbons (Fsp3) is 0.308. The van der Waals surface area contributed by atoms with E-state index in [1.807, 2.05) is 0 Å². The monoisotopic (exact) mass is 293 g/mol. The van der Waals surface area contributed by atoms with E-state index in [-0.39, 0.29) is 12.2 Å². The Hall–Kier alpha value is -2.22. The van der Waals surface area contributed by atoms with Crippen LogP contribution in [-0.4, -0.2) is 27.3 Å². The number of nitrogens with two attached hydrogens (primary N) is 1. The molecule has 0 aromatic heterocycles. The molecule has 0 radical (unpaired) electrons. The Balaban J connectivity index is 3.19. The quantitative estimate of drug-likeness (QED) is 0.793. The predicted molar refractivity (Wildman–Crippen MR) is 76.5 cm³/mol. The van der Waals surface area contributed by atoms with Crippen LogP contribution in [0.15, 0.2) is 18.2 Å². The van der Waals surface area contributed by atoms with Gasteiger partial charge in [0.25, 0.3) is 0 Å². The Kier molecular flexibility index (Phi) is 5.39. The Morgan fingerprint density at radius 1 is 1.50 bits per heavy atom. The number of anilines is 1. The first-order valence-corrected chi connectivity index (χ1v) is 7.27. The minimum Gasteiger partial charge on any atom is -0.495 e. The van der Waals surface area contributed by atoms with Gasteiger partial charge in [0.1, 0.15) is 5.75 Å². The summed E-state index contributed by atoms with van der Waals surface area (Å²) in [6, 6.07) is 6.49. The molecular formula is C13H15N3O3S. The molecule has 0 aliphatic carbocycles. The van der Waals surface area contributed by atoms with Crippen molar-refractivity contribution < 1.29 is 13.2 Å². The summed E-state index contributed by atoms with van der Waals surface area (Å²) in [4.78, 5) is 0. The van der Waals surface area contributed by atoms with E-state index in [2.05, 4.69) is 16.6 Å². The van der Waals surface area contributed by atoms with E-state index in [1.54, 1.807) is 18.2 Å². The zero-order valence-electron chi connectivity index (χ0n) is 11.2. The molecule has 1 aromatic carbocycles. The van der Waals surface area contributed by atoms with Crippen LogP contribution in [0.25, 0.3) is 0 Å². The molecule has 106 valence electrons. The van der Waals surface area contributed by atoms with Crippen molar-refractivity contribution in [3.05, 3.63) is 23.8 Å². The molecule has 1 rings (SSSR count). The maximum absolute atomic E-state index is 11.9. The number of ether oxygens (including phenoxy) is 1. The number of methoxy groups -OCH3 is 1. The number of hydrogen-bond donors (Lipinski definition) is 2. The van der Waals surface area contributed by atoms with Gasteiger partial charge in [-0.3, -0.25) is 4.72 Å². The molecule has 0 spiro atoms. The maximum Gasteiger partial charge on any atom is 0.248 e. The van der Waals surface area contributed by atoms with E-state index >= 15 is 0 Å². The molecule has 0 heterocycles. The zero-order valence-corrected chi connectivity index (χ0v) is 12.0. The van der Waals surface area contributed by atoms with E-state index in [9.17, 15) is 8.42 Å². The molecule has 0 saturated heterocycles. The van der Waals surface area contributed by atoms with Crippen LogP contribution in [0.2, 0.25) is 0 Å². The fourth-order valence-corrected chi connectivity index (χ4v) is 2.11. The Bertz CT molecular complexity index is 681. The van der Waals surface area contributed by atoms with Crippen molar-refractivity contribution in [1.82, 2.24) is 0 Å². The molecule has 1 aromatic rings. The first-order chi connectivity index (χ1) is 9.44. The Morgan fingerprint density at radius 3 is 2.75 bits per heavy atom. The molecule has 0 saturated carbocycles. The summed E-state index contributed by atoms with van der Waals surface area (Å²) in [7, 11) is -2.37. The number of rotatable bonds is 4. The van der Waals surface area contributed by atoms with Crippen molar-refractivity contribution in [1.29, 1.82) is 5.26 Å². The molecule has 1 unspecified atom stereocenters. The number of nitrogens with one attached hydrogen (secondary N) is 1. The molecule has 0 amide bonds. The summed E-state index contributed by atoms with van der Waals surface area (Å²) in [6.45, 7) is 1.51. The molecule has 0 bridgehead atoms. The molecule has 1 atom stereocenters. The van der Waals surface area contributed by atoms with Gasteiger partial charge in [0.15, 0.2) is 5.25 Å². The van der Waals surface area contributed by atoms with Gasteiger partial charge in [-0.05, 0) is 25.1 Å².